The van der Waals surface area contributed by atoms with Gasteiger partial charge >= 0.3 is 0 Å². The van der Waals surface area contributed by atoms with Gasteiger partial charge < -0.3 is 15.0 Å². The largest absolute Gasteiger partial charge is 0.379 e. The maximum absolute atomic E-state index is 5.30. The fourth-order valence-electron chi connectivity index (χ4n) is 1.61. The predicted octanol–water partition coefficient (Wildman–Crippen LogP) is -0.140. The highest BCUT2D eigenvalue weighted by atomic mass is 16.5. The van der Waals surface area contributed by atoms with E-state index >= 15 is 0 Å². The van der Waals surface area contributed by atoms with Gasteiger partial charge in [-0.3, -0.25) is 4.90 Å². The molecule has 0 aromatic heterocycles. The summed E-state index contributed by atoms with van der Waals surface area (Å²) >= 11 is 0. The molecule has 0 aliphatic carbocycles. The minimum absolute atomic E-state index is 0.901. The van der Waals surface area contributed by atoms with Crippen molar-refractivity contribution in [3.8, 4) is 0 Å². The van der Waals surface area contributed by atoms with Crippen LogP contribution in [-0.2, 0) is 4.74 Å². The molecular formula is C11H25N3O. The molecule has 0 saturated carbocycles. The Morgan fingerprint density at radius 1 is 1.27 bits per heavy atom. The topological polar surface area (TPSA) is 27.7 Å². The maximum atomic E-state index is 5.30. The Kier molecular flexibility index (Phi) is 6.92. The molecule has 0 spiro atoms. The van der Waals surface area contributed by atoms with Gasteiger partial charge in [-0.05, 0) is 13.6 Å². The van der Waals surface area contributed by atoms with Gasteiger partial charge in [-0.15, -0.1) is 0 Å². The van der Waals surface area contributed by atoms with Crippen molar-refractivity contribution in [2.75, 3.05) is 66.1 Å². The second-order valence-corrected chi connectivity index (χ2v) is 4.10. The van der Waals surface area contributed by atoms with E-state index in [1.807, 2.05) is 0 Å². The van der Waals surface area contributed by atoms with Gasteiger partial charge in [-0.1, -0.05) is 6.92 Å². The highest BCUT2D eigenvalue weighted by Gasteiger charge is 2.08. The maximum Gasteiger partial charge on any atom is 0.0594 e. The van der Waals surface area contributed by atoms with Gasteiger partial charge in [0.25, 0.3) is 0 Å². The summed E-state index contributed by atoms with van der Waals surface area (Å²) in [6.45, 7) is 11.8. The molecule has 1 rings (SSSR count). The molecular weight excluding hydrogens is 190 g/mol. The van der Waals surface area contributed by atoms with Crippen molar-refractivity contribution in [3.63, 3.8) is 0 Å². The van der Waals surface area contributed by atoms with Crippen molar-refractivity contribution in [2.45, 2.75) is 6.92 Å². The lowest BCUT2D eigenvalue weighted by Gasteiger charge is -2.26. The van der Waals surface area contributed by atoms with Gasteiger partial charge in [0.2, 0.25) is 0 Å². The summed E-state index contributed by atoms with van der Waals surface area (Å²) in [5.74, 6) is 0. The Labute approximate surface area is 93.6 Å². The van der Waals surface area contributed by atoms with Crippen LogP contribution in [0.2, 0.25) is 0 Å². The van der Waals surface area contributed by atoms with Crippen LogP contribution in [-0.4, -0.2) is 75.9 Å². The second kappa shape index (κ2) is 8.05. The van der Waals surface area contributed by atoms with Gasteiger partial charge in [-0.2, -0.15) is 0 Å². The Hall–Kier alpha value is -0.160. The lowest BCUT2D eigenvalue weighted by molar-refractivity contribution is 0.0384. The third-order valence-corrected chi connectivity index (χ3v) is 2.92. The molecule has 4 heteroatoms. The van der Waals surface area contributed by atoms with E-state index in [-0.39, 0.29) is 0 Å². The van der Waals surface area contributed by atoms with Crippen molar-refractivity contribution in [1.82, 2.24) is 15.1 Å². The average Bonchev–Trinajstić information content (AvgIpc) is 2.29. The summed E-state index contributed by atoms with van der Waals surface area (Å²) in [4.78, 5) is 4.78. The van der Waals surface area contributed by atoms with E-state index in [2.05, 4.69) is 29.1 Å². The number of nitrogens with one attached hydrogen (secondary N) is 1. The highest BCUT2D eigenvalue weighted by Crippen LogP contribution is 1.94. The molecule has 0 atom stereocenters. The van der Waals surface area contributed by atoms with E-state index in [4.69, 9.17) is 4.74 Å². The number of hydrogen-bond donors (Lipinski definition) is 1. The van der Waals surface area contributed by atoms with Gasteiger partial charge in [-0.25, -0.2) is 0 Å². The highest BCUT2D eigenvalue weighted by molar-refractivity contribution is 4.63. The third kappa shape index (κ3) is 6.10. The molecule has 1 heterocycles. The number of ether oxygens (including phenoxy) is 1. The van der Waals surface area contributed by atoms with Crippen molar-refractivity contribution in [1.29, 1.82) is 0 Å². The van der Waals surface area contributed by atoms with Crippen LogP contribution in [0.15, 0.2) is 0 Å². The zero-order chi connectivity index (χ0) is 10.9. The van der Waals surface area contributed by atoms with Crippen LogP contribution >= 0.6 is 0 Å². The number of hydrogen-bond acceptors (Lipinski definition) is 4. The first kappa shape index (κ1) is 12.9. The first-order valence-corrected chi connectivity index (χ1v) is 6.02. The van der Waals surface area contributed by atoms with Crippen molar-refractivity contribution >= 4 is 0 Å². The normalized spacial score (nSPS) is 18.6. The van der Waals surface area contributed by atoms with Crippen molar-refractivity contribution in [2.24, 2.45) is 0 Å². The van der Waals surface area contributed by atoms with Crippen molar-refractivity contribution in [3.05, 3.63) is 0 Å². The van der Waals surface area contributed by atoms with E-state index in [0.717, 1.165) is 59.0 Å². The molecule has 1 N–H and O–H groups in total. The fourth-order valence-corrected chi connectivity index (χ4v) is 1.61. The Balaban J connectivity index is 1.87. The molecule has 1 aliphatic rings. The molecule has 1 fully saturated rings. The van der Waals surface area contributed by atoms with Crippen LogP contribution in [0.5, 0.6) is 0 Å². The molecule has 1 aliphatic heterocycles. The van der Waals surface area contributed by atoms with Gasteiger partial charge in [0.05, 0.1) is 13.2 Å². The Bertz CT molecular complexity index is 149. The van der Waals surface area contributed by atoms with Crippen LogP contribution in [0.4, 0.5) is 0 Å². The molecule has 0 bridgehead atoms. The molecule has 15 heavy (non-hydrogen) atoms. The third-order valence-electron chi connectivity index (χ3n) is 2.92. The monoisotopic (exact) mass is 215 g/mol. The van der Waals surface area contributed by atoms with E-state index in [0.29, 0.717) is 0 Å². The van der Waals surface area contributed by atoms with E-state index < -0.39 is 0 Å². The van der Waals surface area contributed by atoms with E-state index in [9.17, 15) is 0 Å². The molecule has 0 unspecified atom stereocenters. The minimum atomic E-state index is 0.901. The molecule has 4 nitrogen and oxygen atoms in total. The summed E-state index contributed by atoms with van der Waals surface area (Å²) in [5.41, 5.74) is 0. The summed E-state index contributed by atoms with van der Waals surface area (Å²) < 4.78 is 5.30. The molecule has 0 aromatic carbocycles. The molecule has 0 radical (unpaired) electrons. The smallest absolute Gasteiger partial charge is 0.0594 e. The minimum Gasteiger partial charge on any atom is -0.379 e. The number of morpholine rings is 1. The lowest BCUT2D eigenvalue weighted by Crippen LogP contribution is -2.41. The number of likely N-dealkylation sites (N-methyl/N-ethyl adjacent to an activating group) is 1. The first-order chi connectivity index (χ1) is 7.33. The van der Waals surface area contributed by atoms with Crippen LogP contribution in [0.25, 0.3) is 0 Å². The summed E-state index contributed by atoms with van der Waals surface area (Å²) in [7, 11) is 2.16. The molecule has 90 valence electrons. The predicted molar refractivity (Wildman–Crippen MR) is 63.3 cm³/mol. The number of nitrogens with zero attached hydrogens (tertiary/aromatic N) is 2. The van der Waals surface area contributed by atoms with Crippen LogP contribution in [0.1, 0.15) is 6.92 Å². The molecule has 1 saturated heterocycles. The Morgan fingerprint density at radius 2 is 2.00 bits per heavy atom. The molecule has 0 aromatic rings. The molecule has 0 amide bonds. The average molecular weight is 215 g/mol. The summed E-state index contributed by atoms with van der Waals surface area (Å²) in [6.07, 6.45) is 0. The Morgan fingerprint density at radius 3 is 2.67 bits per heavy atom. The van der Waals surface area contributed by atoms with Gasteiger partial charge in [0.1, 0.15) is 0 Å². The zero-order valence-electron chi connectivity index (χ0n) is 10.2. The quantitative estimate of drug-likeness (QED) is 0.598. The zero-order valence-corrected chi connectivity index (χ0v) is 10.2. The van der Waals surface area contributed by atoms with Crippen LogP contribution < -0.4 is 5.32 Å². The first-order valence-electron chi connectivity index (χ1n) is 6.02. The lowest BCUT2D eigenvalue weighted by atomic mass is 10.4. The van der Waals surface area contributed by atoms with Crippen molar-refractivity contribution < 1.29 is 4.74 Å². The second-order valence-electron chi connectivity index (χ2n) is 4.10. The number of rotatable bonds is 7. The van der Waals surface area contributed by atoms with Gasteiger partial charge in [0.15, 0.2) is 0 Å². The van der Waals surface area contributed by atoms with Crippen LogP contribution in [0, 0.1) is 0 Å². The van der Waals surface area contributed by atoms with Gasteiger partial charge in [0, 0.05) is 39.3 Å². The van der Waals surface area contributed by atoms with E-state index in [1.165, 1.54) is 0 Å². The summed E-state index contributed by atoms with van der Waals surface area (Å²) in [6, 6.07) is 0. The van der Waals surface area contributed by atoms with E-state index in [1.54, 1.807) is 0 Å². The van der Waals surface area contributed by atoms with Crippen LogP contribution in [0.3, 0.4) is 0 Å². The standard InChI is InChI=1S/C11H25N3O/c1-3-13(2)6-4-12-5-7-14-8-10-15-11-9-14/h12H,3-11H2,1-2H3. The summed E-state index contributed by atoms with van der Waals surface area (Å²) in [5, 5.41) is 3.47. The fraction of sp³-hybridized carbons (Fsp3) is 1.00. The SMILES string of the molecule is CCN(C)CCNCCN1CCOCC1.